The Morgan fingerprint density at radius 2 is 2.36 bits per heavy atom. The number of ether oxygens (including phenoxy) is 1. The number of halogens is 1. The van der Waals surface area contributed by atoms with Crippen LogP contribution in [0.3, 0.4) is 0 Å². The fourth-order valence-corrected chi connectivity index (χ4v) is 2.34. The predicted octanol–water partition coefficient (Wildman–Crippen LogP) is 2.17. The van der Waals surface area contributed by atoms with Gasteiger partial charge in [0.15, 0.2) is 0 Å². The van der Waals surface area contributed by atoms with Crippen molar-refractivity contribution in [1.29, 1.82) is 0 Å². The van der Waals surface area contributed by atoms with Crippen molar-refractivity contribution in [3.63, 3.8) is 0 Å². The summed E-state index contributed by atoms with van der Waals surface area (Å²) >= 11 is 7.15. The first kappa shape index (κ1) is 10.2. The molecule has 0 amide bonds. The van der Waals surface area contributed by atoms with Crippen molar-refractivity contribution >= 4 is 22.9 Å². The van der Waals surface area contributed by atoms with Gasteiger partial charge in [0.2, 0.25) is 0 Å². The molecule has 1 N–H and O–H groups in total. The number of nitrogens with one attached hydrogen (secondary N) is 1. The Balaban J connectivity index is 1.76. The molecule has 0 aliphatic carbocycles. The average molecular weight is 233 g/mol. The van der Waals surface area contributed by atoms with Gasteiger partial charge in [-0.15, -0.1) is 0 Å². The van der Waals surface area contributed by atoms with Crippen LogP contribution in [0.2, 0.25) is 5.15 Å². The molecule has 3 nitrogen and oxygen atoms in total. The highest BCUT2D eigenvalue weighted by molar-refractivity contribution is 7.11. The summed E-state index contributed by atoms with van der Waals surface area (Å²) in [6, 6.07) is 0. The molecule has 1 aromatic rings. The maximum atomic E-state index is 5.69. The summed E-state index contributed by atoms with van der Waals surface area (Å²) in [6.07, 6.45) is 2.39. The van der Waals surface area contributed by atoms with E-state index in [4.69, 9.17) is 16.3 Å². The van der Waals surface area contributed by atoms with Crippen LogP contribution in [0.5, 0.6) is 5.19 Å². The number of nitrogens with zero attached hydrogens (tertiary/aromatic N) is 1. The number of hydrogen-bond acceptors (Lipinski definition) is 4. The van der Waals surface area contributed by atoms with E-state index in [0.29, 0.717) is 16.3 Å². The molecule has 14 heavy (non-hydrogen) atoms. The van der Waals surface area contributed by atoms with Gasteiger partial charge in [-0.25, -0.2) is 0 Å². The van der Waals surface area contributed by atoms with Gasteiger partial charge in [0, 0.05) is 5.38 Å². The summed E-state index contributed by atoms with van der Waals surface area (Å²) in [4.78, 5) is 4.04. The molecule has 0 saturated carbocycles. The first-order chi connectivity index (χ1) is 6.84. The monoisotopic (exact) mass is 232 g/mol. The summed E-state index contributed by atoms with van der Waals surface area (Å²) in [6.45, 7) is 2.98. The Kier molecular flexibility index (Phi) is 3.61. The first-order valence-electron chi connectivity index (χ1n) is 4.79. The lowest BCUT2D eigenvalue weighted by Gasteiger charge is -2.21. The molecule has 1 aromatic heterocycles. The molecule has 1 fully saturated rings. The lowest BCUT2D eigenvalue weighted by molar-refractivity contribution is 0.214. The average Bonchev–Trinajstić information content (AvgIpc) is 2.63. The zero-order valence-corrected chi connectivity index (χ0v) is 9.40. The second-order valence-electron chi connectivity index (χ2n) is 3.44. The summed E-state index contributed by atoms with van der Waals surface area (Å²) in [5.74, 6) is 0.666. The third-order valence-corrected chi connectivity index (χ3v) is 3.43. The van der Waals surface area contributed by atoms with Crippen molar-refractivity contribution in [2.75, 3.05) is 19.7 Å². The third-order valence-electron chi connectivity index (χ3n) is 2.36. The van der Waals surface area contributed by atoms with Gasteiger partial charge < -0.3 is 10.1 Å². The van der Waals surface area contributed by atoms with Crippen LogP contribution in [0.15, 0.2) is 5.38 Å². The van der Waals surface area contributed by atoms with Gasteiger partial charge in [-0.3, -0.25) is 0 Å². The largest absolute Gasteiger partial charge is 0.470 e. The fraction of sp³-hybridized carbons (Fsp3) is 0.667. The molecule has 5 heteroatoms. The summed E-state index contributed by atoms with van der Waals surface area (Å²) < 4.78 is 5.56. The zero-order chi connectivity index (χ0) is 9.80. The normalized spacial score (nSPS) is 18.4. The van der Waals surface area contributed by atoms with E-state index in [0.717, 1.165) is 19.7 Å². The Labute approximate surface area is 92.4 Å². The highest BCUT2D eigenvalue weighted by Crippen LogP contribution is 2.22. The zero-order valence-electron chi connectivity index (χ0n) is 7.83. The minimum atomic E-state index is 0.523. The van der Waals surface area contributed by atoms with Gasteiger partial charge in [0.25, 0.3) is 5.19 Å². The molecule has 0 spiro atoms. The minimum absolute atomic E-state index is 0.523. The number of thiazole rings is 1. The third kappa shape index (κ3) is 2.83. The number of rotatable bonds is 3. The molecule has 2 rings (SSSR count). The van der Waals surface area contributed by atoms with Crippen LogP contribution in [-0.4, -0.2) is 24.7 Å². The van der Waals surface area contributed by atoms with Crippen LogP contribution in [0, 0.1) is 5.92 Å². The van der Waals surface area contributed by atoms with Gasteiger partial charge in [-0.2, -0.15) is 4.98 Å². The van der Waals surface area contributed by atoms with Crippen LogP contribution in [0.4, 0.5) is 0 Å². The van der Waals surface area contributed by atoms with Gasteiger partial charge in [0.05, 0.1) is 6.61 Å². The van der Waals surface area contributed by atoms with E-state index in [1.54, 1.807) is 5.38 Å². The molecule has 0 radical (unpaired) electrons. The quantitative estimate of drug-likeness (QED) is 0.868. The highest BCUT2D eigenvalue weighted by atomic mass is 35.5. The van der Waals surface area contributed by atoms with E-state index >= 15 is 0 Å². The van der Waals surface area contributed by atoms with Crippen molar-refractivity contribution in [2.45, 2.75) is 12.8 Å². The molecular weight excluding hydrogens is 220 g/mol. The predicted molar refractivity (Wildman–Crippen MR) is 58.2 cm³/mol. The molecule has 0 atom stereocenters. The summed E-state index contributed by atoms with van der Waals surface area (Å²) in [5.41, 5.74) is 0. The molecule has 0 aromatic carbocycles. The van der Waals surface area contributed by atoms with Gasteiger partial charge in [-0.1, -0.05) is 22.9 Å². The number of piperidine rings is 1. The first-order valence-corrected chi connectivity index (χ1v) is 6.05. The molecular formula is C9H13ClN2OS. The Hall–Kier alpha value is -0.320. The van der Waals surface area contributed by atoms with E-state index < -0.39 is 0 Å². The van der Waals surface area contributed by atoms with Crippen molar-refractivity contribution < 1.29 is 4.74 Å². The van der Waals surface area contributed by atoms with Gasteiger partial charge in [-0.05, 0) is 31.8 Å². The van der Waals surface area contributed by atoms with Crippen LogP contribution in [0.25, 0.3) is 0 Å². The molecule has 1 aliphatic heterocycles. The van der Waals surface area contributed by atoms with Gasteiger partial charge >= 0.3 is 0 Å². The standard InChI is InChI=1S/C9H13ClN2OS/c10-8-6-14-9(12-8)13-5-7-1-3-11-4-2-7/h6-7,11H,1-5H2. The SMILES string of the molecule is Clc1csc(OCC2CCNCC2)n1. The van der Waals surface area contributed by atoms with Gasteiger partial charge in [0.1, 0.15) is 5.15 Å². The van der Waals surface area contributed by atoms with Crippen LogP contribution < -0.4 is 10.1 Å². The second kappa shape index (κ2) is 4.96. The topological polar surface area (TPSA) is 34.1 Å². The Morgan fingerprint density at radius 1 is 1.57 bits per heavy atom. The maximum Gasteiger partial charge on any atom is 0.274 e. The van der Waals surface area contributed by atoms with E-state index in [9.17, 15) is 0 Å². The lowest BCUT2D eigenvalue weighted by Crippen LogP contribution is -2.30. The summed E-state index contributed by atoms with van der Waals surface area (Å²) in [5, 5.41) is 6.33. The van der Waals surface area contributed by atoms with E-state index in [1.165, 1.54) is 24.2 Å². The van der Waals surface area contributed by atoms with E-state index in [1.807, 2.05) is 0 Å². The molecule has 78 valence electrons. The maximum absolute atomic E-state index is 5.69. The Bertz CT molecular complexity index is 286. The number of hydrogen-bond donors (Lipinski definition) is 1. The molecule has 2 heterocycles. The number of aromatic nitrogens is 1. The molecule has 1 saturated heterocycles. The van der Waals surface area contributed by atoms with Crippen LogP contribution in [-0.2, 0) is 0 Å². The van der Waals surface area contributed by atoms with Crippen molar-refractivity contribution in [1.82, 2.24) is 10.3 Å². The smallest absolute Gasteiger partial charge is 0.274 e. The van der Waals surface area contributed by atoms with E-state index in [-0.39, 0.29) is 0 Å². The van der Waals surface area contributed by atoms with Crippen LogP contribution >= 0.6 is 22.9 Å². The fourth-order valence-electron chi connectivity index (χ4n) is 1.54. The second-order valence-corrected chi connectivity index (χ2v) is 4.65. The lowest BCUT2D eigenvalue weighted by atomic mass is 9.99. The summed E-state index contributed by atoms with van der Waals surface area (Å²) in [7, 11) is 0. The Morgan fingerprint density at radius 3 is 3.00 bits per heavy atom. The molecule has 0 bridgehead atoms. The highest BCUT2D eigenvalue weighted by Gasteiger charge is 2.14. The van der Waals surface area contributed by atoms with E-state index in [2.05, 4.69) is 10.3 Å². The van der Waals surface area contributed by atoms with Crippen molar-refractivity contribution in [3.05, 3.63) is 10.5 Å². The molecule has 0 unspecified atom stereocenters. The molecule has 1 aliphatic rings. The van der Waals surface area contributed by atoms with Crippen molar-refractivity contribution in [3.8, 4) is 5.19 Å². The van der Waals surface area contributed by atoms with Crippen LogP contribution in [0.1, 0.15) is 12.8 Å². The van der Waals surface area contributed by atoms with Crippen molar-refractivity contribution in [2.24, 2.45) is 5.92 Å². The minimum Gasteiger partial charge on any atom is -0.470 e.